The van der Waals surface area contributed by atoms with Crippen LogP contribution in [0.3, 0.4) is 0 Å². The molecule has 1 aromatic heterocycles. The quantitative estimate of drug-likeness (QED) is 0.827. The van der Waals surface area contributed by atoms with E-state index in [1.807, 2.05) is 0 Å². The number of hydrogen-bond donors (Lipinski definition) is 1. The lowest BCUT2D eigenvalue weighted by atomic mass is 10.2. The molecule has 0 fully saturated rings. The van der Waals surface area contributed by atoms with Crippen molar-refractivity contribution in [1.82, 2.24) is 14.9 Å². The SMILES string of the molecule is CC(=O)c1ccc(S(=O)(=O)NCc2nc(C)no2)cc1. The number of nitrogens with one attached hydrogen (secondary N) is 1. The van der Waals surface area contributed by atoms with Crippen LogP contribution in [0, 0.1) is 6.92 Å². The van der Waals surface area contributed by atoms with E-state index >= 15 is 0 Å². The molecule has 0 saturated carbocycles. The molecule has 0 radical (unpaired) electrons. The van der Waals surface area contributed by atoms with Gasteiger partial charge >= 0.3 is 0 Å². The van der Waals surface area contributed by atoms with E-state index in [2.05, 4.69) is 14.9 Å². The first-order valence-corrected chi connectivity index (χ1v) is 7.26. The van der Waals surface area contributed by atoms with Crippen LogP contribution in [-0.2, 0) is 16.6 Å². The second-order valence-corrected chi connectivity index (χ2v) is 5.91. The molecule has 1 N–H and O–H groups in total. The molecule has 0 aliphatic heterocycles. The molecule has 0 atom stereocenters. The molecule has 1 heterocycles. The van der Waals surface area contributed by atoms with Crippen molar-refractivity contribution in [3.63, 3.8) is 0 Å². The maximum Gasteiger partial charge on any atom is 0.241 e. The van der Waals surface area contributed by atoms with Gasteiger partial charge in [-0.25, -0.2) is 13.1 Å². The minimum Gasteiger partial charge on any atom is -0.338 e. The van der Waals surface area contributed by atoms with Crippen LogP contribution in [0.25, 0.3) is 0 Å². The van der Waals surface area contributed by atoms with Crippen LogP contribution in [0.4, 0.5) is 0 Å². The summed E-state index contributed by atoms with van der Waals surface area (Å²) in [7, 11) is -3.68. The fourth-order valence-electron chi connectivity index (χ4n) is 1.52. The van der Waals surface area contributed by atoms with Crippen LogP contribution in [0.1, 0.15) is 29.0 Å². The Kier molecular flexibility index (Phi) is 3.96. The van der Waals surface area contributed by atoms with Gasteiger partial charge in [-0.3, -0.25) is 4.79 Å². The first-order chi connectivity index (χ1) is 9.38. The normalized spacial score (nSPS) is 11.5. The van der Waals surface area contributed by atoms with Crippen molar-refractivity contribution in [3.8, 4) is 0 Å². The first kappa shape index (κ1) is 14.4. The van der Waals surface area contributed by atoms with Gasteiger partial charge in [-0.05, 0) is 26.0 Å². The highest BCUT2D eigenvalue weighted by atomic mass is 32.2. The number of carbonyl (C=O) groups excluding carboxylic acids is 1. The molecule has 2 aromatic rings. The first-order valence-electron chi connectivity index (χ1n) is 5.78. The molecule has 0 aliphatic rings. The van der Waals surface area contributed by atoms with E-state index in [1.165, 1.54) is 31.2 Å². The van der Waals surface area contributed by atoms with Crippen molar-refractivity contribution in [2.75, 3.05) is 0 Å². The van der Waals surface area contributed by atoms with Crippen LogP contribution >= 0.6 is 0 Å². The Hall–Kier alpha value is -2.06. The van der Waals surface area contributed by atoms with Gasteiger partial charge in [0.05, 0.1) is 11.4 Å². The largest absolute Gasteiger partial charge is 0.338 e. The number of rotatable bonds is 5. The number of aryl methyl sites for hydroxylation is 1. The van der Waals surface area contributed by atoms with Crippen LogP contribution in [-0.4, -0.2) is 24.3 Å². The zero-order valence-corrected chi connectivity index (χ0v) is 11.8. The summed E-state index contributed by atoms with van der Waals surface area (Å²) in [5.41, 5.74) is 0.455. The number of aromatic nitrogens is 2. The maximum absolute atomic E-state index is 12.0. The lowest BCUT2D eigenvalue weighted by Gasteiger charge is -2.05. The van der Waals surface area contributed by atoms with Crippen molar-refractivity contribution >= 4 is 15.8 Å². The van der Waals surface area contributed by atoms with Crippen molar-refractivity contribution < 1.29 is 17.7 Å². The van der Waals surface area contributed by atoms with E-state index in [0.717, 1.165) is 0 Å². The Balaban J connectivity index is 2.11. The second-order valence-electron chi connectivity index (χ2n) is 4.14. The standard InChI is InChI=1S/C12H13N3O4S/c1-8(16)10-3-5-11(6-4-10)20(17,18)13-7-12-14-9(2)15-19-12/h3-6,13H,7H2,1-2H3. The maximum atomic E-state index is 12.0. The zero-order chi connectivity index (χ0) is 14.8. The van der Waals surface area contributed by atoms with Gasteiger partial charge in [0.25, 0.3) is 0 Å². The van der Waals surface area contributed by atoms with Gasteiger partial charge in [-0.2, -0.15) is 4.98 Å². The lowest BCUT2D eigenvalue weighted by molar-refractivity contribution is 0.101. The minimum atomic E-state index is -3.68. The minimum absolute atomic E-state index is 0.0683. The molecule has 0 bridgehead atoms. The predicted molar refractivity (Wildman–Crippen MR) is 69.5 cm³/mol. The lowest BCUT2D eigenvalue weighted by Crippen LogP contribution is -2.23. The summed E-state index contributed by atoms with van der Waals surface area (Å²) in [6.07, 6.45) is 0. The van der Waals surface area contributed by atoms with E-state index in [9.17, 15) is 13.2 Å². The Labute approximate surface area is 116 Å². The third-order valence-corrected chi connectivity index (χ3v) is 3.97. The number of Topliss-reactive ketones (excluding diaryl/α,β-unsaturated/α-hetero) is 1. The van der Waals surface area contributed by atoms with E-state index < -0.39 is 10.0 Å². The molecule has 2 rings (SSSR count). The number of hydrogen-bond acceptors (Lipinski definition) is 6. The van der Waals surface area contributed by atoms with Crippen molar-refractivity contribution in [1.29, 1.82) is 0 Å². The molecule has 1 aromatic carbocycles. The summed E-state index contributed by atoms with van der Waals surface area (Å²) in [6.45, 7) is 2.97. The summed E-state index contributed by atoms with van der Waals surface area (Å²) in [4.78, 5) is 15.1. The zero-order valence-electron chi connectivity index (χ0n) is 11.0. The van der Waals surface area contributed by atoms with Crippen molar-refractivity contribution in [2.45, 2.75) is 25.3 Å². The summed E-state index contributed by atoms with van der Waals surface area (Å²) < 4.78 is 31.2. The van der Waals surface area contributed by atoms with E-state index in [-0.39, 0.29) is 23.1 Å². The van der Waals surface area contributed by atoms with Gasteiger partial charge < -0.3 is 4.52 Å². The molecule has 0 unspecified atom stereocenters. The molecule has 0 aliphatic carbocycles. The number of carbonyl (C=O) groups is 1. The summed E-state index contributed by atoms with van der Waals surface area (Å²) in [5, 5.41) is 3.56. The fourth-order valence-corrected chi connectivity index (χ4v) is 2.50. The van der Waals surface area contributed by atoms with Gasteiger partial charge in [-0.1, -0.05) is 17.3 Å². The Morgan fingerprint density at radius 1 is 1.30 bits per heavy atom. The predicted octanol–water partition coefficient (Wildman–Crippen LogP) is 1.06. The highest BCUT2D eigenvalue weighted by Crippen LogP contribution is 2.11. The molecule has 0 amide bonds. The van der Waals surface area contributed by atoms with E-state index in [1.54, 1.807) is 6.92 Å². The number of ketones is 1. The third kappa shape index (κ3) is 3.28. The van der Waals surface area contributed by atoms with Gasteiger partial charge in [-0.15, -0.1) is 0 Å². The van der Waals surface area contributed by atoms with Crippen LogP contribution < -0.4 is 4.72 Å². The van der Waals surface area contributed by atoms with E-state index in [0.29, 0.717) is 11.4 Å². The Bertz CT molecular complexity index is 719. The van der Waals surface area contributed by atoms with Crippen LogP contribution in [0.5, 0.6) is 0 Å². The Morgan fingerprint density at radius 3 is 2.45 bits per heavy atom. The average molecular weight is 295 g/mol. The summed E-state index contributed by atoms with van der Waals surface area (Å²) >= 11 is 0. The van der Waals surface area contributed by atoms with E-state index in [4.69, 9.17) is 4.52 Å². The van der Waals surface area contributed by atoms with Gasteiger partial charge in [0.2, 0.25) is 15.9 Å². The highest BCUT2D eigenvalue weighted by molar-refractivity contribution is 7.89. The summed E-state index contributed by atoms with van der Waals surface area (Å²) in [6, 6.07) is 5.68. The number of benzene rings is 1. The molecule has 106 valence electrons. The molecule has 8 heteroatoms. The van der Waals surface area contributed by atoms with Gasteiger partial charge in [0, 0.05) is 5.56 Å². The molecule has 7 nitrogen and oxygen atoms in total. The van der Waals surface area contributed by atoms with Crippen molar-refractivity contribution in [2.24, 2.45) is 0 Å². The Morgan fingerprint density at radius 2 is 1.95 bits per heavy atom. The van der Waals surface area contributed by atoms with Crippen LogP contribution in [0.2, 0.25) is 0 Å². The van der Waals surface area contributed by atoms with Crippen LogP contribution in [0.15, 0.2) is 33.7 Å². The smallest absolute Gasteiger partial charge is 0.241 e. The molecule has 0 spiro atoms. The molecule has 20 heavy (non-hydrogen) atoms. The van der Waals surface area contributed by atoms with Gasteiger partial charge in [0.15, 0.2) is 11.6 Å². The fraction of sp³-hybridized carbons (Fsp3) is 0.250. The van der Waals surface area contributed by atoms with Crippen molar-refractivity contribution in [3.05, 3.63) is 41.5 Å². The number of sulfonamides is 1. The highest BCUT2D eigenvalue weighted by Gasteiger charge is 2.15. The average Bonchev–Trinajstić information content (AvgIpc) is 2.82. The number of nitrogens with zero attached hydrogens (tertiary/aromatic N) is 2. The monoisotopic (exact) mass is 295 g/mol. The third-order valence-electron chi connectivity index (χ3n) is 2.55. The van der Waals surface area contributed by atoms with Gasteiger partial charge in [0.1, 0.15) is 0 Å². The summed E-state index contributed by atoms with van der Waals surface area (Å²) in [5.74, 6) is 0.500. The second kappa shape index (κ2) is 5.51. The topological polar surface area (TPSA) is 102 Å². The molecule has 0 saturated heterocycles. The molecular weight excluding hydrogens is 282 g/mol. The molecular formula is C12H13N3O4S.